The van der Waals surface area contributed by atoms with E-state index in [0.29, 0.717) is 6.29 Å². The maximum absolute atomic E-state index is 9.77. The summed E-state index contributed by atoms with van der Waals surface area (Å²) in [7, 11) is 0. The van der Waals surface area contributed by atoms with E-state index in [4.69, 9.17) is 0 Å². The number of carbonyl (C=O) groups is 1. The molecule has 0 saturated heterocycles. The van der Waals surface area contributed by atoms with Crippen LogP contribution >= 0.6 is 0 Å². The molecule has 58 valence electrons. The van der Waals surface area contributed by atoms with Gasteiger partial charge in [-0.2, -0.15) is 0 Å². The van der Waals surface area contributed by atoms with Crippen molar-refractivity contribution in [1.82, 2.24) is 0 Å². The lowest BCUT2D eigenvalue weighted by atomic mass is 10.3. The maximum atomic E-state index is 9.77. The number of hydrogen-bond donors (Lipinski definition) is 0. The van der Waals surface area contributed by atoms with Crippen molar-refractivity contribution >= 4 is 6.29 Å². The summed E-state index contributed by atoms with van der Waals surface area (Å²) in [5.74, 6) is 5.48. The molecule has 0 fully saturated rings. The molecule has 0 amide bonds. The van der Waals surface area contributed by atoms with Crippen LogP contribution < -0.4 is 0 Å². The Hall–Kier alpha value is -1.29. The molecule has 0 unspecified atom stereocenters. The minimum atomic E-state index is 0.713. The molecule has 0 atom stereocenters. The van der Waals surface area contributed by atoms with Gasteiger partial charge in [-0.15, -0.1) is 0 Å². The lowest BCUT2D eigenvalue weighted by Crippen LogP contribution is -1.59. The Labute approximate surface area is 67.8 Å². The molecular weight excluding hydrogens is 136 g/mol. The van der Waals surface area contributed by atoms with Gasteiger partial charge in [0.2, 0.25) is 0 Å². The fourth-order valence-corrected chi connectivity index (χ4v) is 0.493. The van der Waals surface area contributed by atoms with Crippen molar-refractivity contribution in [2.75, 3.05) is 0 Å². The molecular formula is C10H12O. The molecule has 0 aromatic heterocycles. The quantitative estimate of drug-likeness (QED) is 0.340. The van der Waals surface area contributed by atoms with Gasteiger partial charge in [-0.3, -0.25) is 4.79 Å². The van der Waals surface area contributed by atoms with Gasteiger partial charge in [-0.25, -0.2) is 0 Å². The van der Waals surface area contributed by atoms with Crippen LogP contribution in [0.1, 0.15) is 19.8 Å². The number of aldehydes is 1. The summed E-state index contributed by atoms with van der Waals surface area (Å²) >= 11 is 0. The van der Waals surface area contributed by atoms with E-state index in [-0.39, 0.29) is 0 Å². The molecule has 0 heterocycles. The van der Waals surface area contributed by atoms with Gasteiger partial charge < -0.3 is 0 Å². The van der Waals surface area contributed by atoms with Crippen molar-refractivity contribution in [3.05, 3.63) is 24.3 Å². The summed E-state index contributed by atoms with van der Waals surface area (Å²) in [4.78, 5) is 9.77. The van der Waals surface area contributed by atoms with Crippen LogP contribution in [-0.2, 0) is 4.79 Å². The molecule has 11 heavy (non-hydrogen) atoms. The monoisotopic (exact) mass is 148 g/mol. The Morgan fingerprint density at radius 1 is 1.27 bits per heavy atom. The zero-order chi connectivity index (χ0) is 8.36. The Bertz CT molecular complexity index is 201. The Kier molecular flexibility index (Phi) is 7.69. The fraction of sp³-hybridized carbons (Fsp3) is 0.300. The van der Waals surface area contributed by atoms with E-state index in [1.54, 1.807) is 6.08 Å². The number of allylic oxidation sites excluding steroid dienone is 4. The lowest BCUT2D eigenvalue weighted by molar-refractivity contribution is -0.104. The first kappa shape index (κ1) is 9.71. The normalized spacial score (nSPS) is 9.91. The van der Waals surface area contributed by atoms with E-state index in [1.807, 2.05) is 6.08 Å². The lowest BCUT2D eigenvalue weighted by Gasteiger charge is -1.76. The second-order valence-electron chi connectivity index (χ2n) is 1.97. The van der Waals surface area contributed by atoms with Crippen molar-refractivity contribution in [1.29, 1.82) is 0 Å². The first-order chi connectivity index (χ1) is 5.41. The summed E-state index contributed by atoms with van der Waals surface area (Å²) in [6.07, 6.45) is 9.64. The summed E-state index contributed by atoms with van der Waals surface area (Å²) < 4.78 is 0. The number of hydrogen-bond acceptors (Lipinski definition) is 1. The highest BCUT2D eigenvalue weighted by molar-refractivity contribution is 5.65. The summed E-state index contributed by atoms with van der Waals surface area (Å²) in [5.41, 5.74) is 0. The van der Waals surface area contributed by atoms with Crippen molar-refractivity contribution in [3.8, 4) is 11.8 Å². The average molecular weight is 148 g/mol. The second kappa shape index (κ2) is 8.71. The summed E-state index contributed by atoms with van der Waals surface area (Å²) in [6.45, 7) is 2.12. The highest BCUT2D eigenvalue weighted by atomic mass is 16.1. The van der Waals surface area contributed by atoms with E-state index >= 15 is 0 Å². The van der Waals surface area contributed by atoms with Gasteiger partial charge in [0.1, 0.15) is 6.29 Å². The van der Waals surface area contributed by atoms with Crippen LogP contribution in [0.2, 0.25) is 0 Å². The maximum Gasteiger partial charge on any atom is 0.143 e. The SMILES string of the molecule is CCCC=CC#CC=CC=O. The van der Waals surface area contributed by atoms with Gasteiger partial charge in [-0.05, 0) is 24.6 Å². The molecule has 1 nitrogen and oxygen atoms in total. The third-order valence-corrected chi connectivity index (χ3v) is 0.998. The van der Waals surface area contributed by atoms with Crippen molar-refractivity contribution in [3.63, 3.8) is 0 Å². The zero-order valence-electron chi connectivity index (χ0n) is 6.71. The van der Waals surface area contributed by atoms with Crippen LogP contribution in [0.4, 0.5) is 0 Å². The minimum absolute atomic E-state index is 0.713. The van der Waals surface area contributed by atoms with Gasteiger partial charge in [0.05, 0.1) is 0 Å². The number of rotatable bonds is 3. The van der Waals surface area contributed by atoms with Gasteiger partial charge in [0, 0.05) is 0 Å². The van der Waals surface area contributed by atoms with Crippen LogP contribution in [0.25, 0.3) is 0 Å². The van der Waals surface area contributed by atoms with Crippen LogP contribution in [-0.4, -0.2) is 6.29 Å². The smallest absolute Gasteiger partial charge is 0.143 e. The summed E-state index contributed by atoms with van der Waals surface area (Å²) in [6, 6.07) is 0. The van der Waals surface area contributed by atoms with Gasteiger partial charge >= 0.3 is 0 Å². The predicted octanol–water partition coefficient (Wildman–Crippen LogP) is 2.10. The third-order valence-electron chi connectivity index (χ3n) is 0.998. The van der Waals surface area contributed by atoms with E-state index in [9.17, 15) is 4.79 Å². The molecule has 0 radical (unpaired) electrons. The Morgan fingerprint density at radius 2 is 2.00 bits per heavy atom. The number of carbonyl (C=O) groups excluding carboxylic acids is 1. The van der Waals surface area contributed by atoms with Gasteiger partial charge in [0.15, 0.2) is 0 Å². The molecule has 0 rings (SSSR count). The topological polar surface area (TPSA) is 17.1 Å². The van der Waals surface area contributed by atoms with Crippen LogP contribution in [0, 0.1) is 11.8 Å². The van der Waals surface area contributed by atoms with Crippen LogP contribution in [0.3, 0.4) is 0 Å². The molecule has 1 heteroatoms. The second-order valence-corrected chi connectivity index (χ2v) is 1.97. The first-order valence-corrected chi connectivity index (χ1v) is 3.68. The van der Waals surface area contributed by atoms with Gasteiger partial charge in [-0.1, -0.05) is 31.3 Å². The molecule has 0 aliphatic heterocycles. The average Bonchev–Trinajstić information content (AvgIpc) is 2.03. The Morgan fingerprint density at radius 3 is 2.64 bits per heavy atom. The highest BCUT2D eigenvalue weighted by Gasteiger charge is 1.67. The van der Waals surface area contributed by atoms with Crippen LogP contribution in [0.15, 0.2) is 24.3 Å². The third kappa shape index (κ3) is 8.71. The predicted molar refractivity (Wildman–Crippen MR) is 47.0 cm³/mol. The molecule has 0 bridgehead atoms. The molecule has 0 aromatic carbocycles. The van der Waals surface area contributed by atoms with E-state index in [0.717, 1.165) is 12.8 Å². The first-order valence-electron chi connectivity index (χ1n) is 3.68. The Balaban J connectivity index is 3.54. The molecule has 0 aliphatic carbocycles. The largest absolute Gasteiger partial charge is 0.299 e. The van der Waals surface area contributed by atoms with Crippen LogP contribution in [0.5, 0.6) is 0 Å². The highest BCUT2D eigenvalue weighted by Crippen LogP contribution is 1.86. The summed E-state index contributed by atoms with van der Waals surface area (Å²) in [5, 5.41) is 0. The fourth-order valence-electron chi connectivity index (χ4n) is 0.493. The van der Waals surface area contributed by atoms with E-state index < -0.39 is 0 Å². The van der Waals surface area contributed by atoms with Gasteiger partial charge in [0.25, 0.3) is 0 Å². The van der Waals surface area contributed by atoms with E-state index in [2.05, 4.69) is 18.8 Å². The molecule has 0 aliphatic rings. The zero-order valence-corrected chi connectivity index (χ0v) is 6.71. The standard InChI is InChI=1S/C10H12O/c1-2-3-4-5-6-7-8-9-10-11/h4-5,8-10H,2-3H2,1H3. The minimum Gasteiger partial charge on any atom is -0.299 e. The van der Waals surface area contributed by atoms with Crippen molar-refractivity contribution in [2.45, 2.75) is 19.8 Å². The molecule has 0 N–H and O–H groups in total. The molecule has 0 spiro atoms. The molecule has 0 saturated carbocycles. The van der Waals surface area contributed by atoms with E-state index in [1.165, 1.54) is 12.2 Å². The molecule has 0 aromatic rings. The van der Waals surface area contributed by atoms with Crippen molar-refractivity contribution < 1.29 is 4.79 Å². The number of unbranched alkanes of at least 4 members (excludes halogenated alkanes) is 1. The van der Waals surface area contributed by atoms with Crippen molar-refractivity contribution in [2.24, 2.45) is 0 Å².